The molecule has 0 fully saturated rings. The van der Waals surface area contributed by atoms with Crippen LogP contribution in [0.15, 0.2) is 37.0 Å². The lowest BCUT2D eigenvalue weighted by atomic mass is 9.95. The minimum Gasteiger partial charge on any atom is -0.307 e. The van der Waals surface area contributed by atoms with Crippen LogP contribution in [0.4, 0.5) is 0 Å². The van der Waals surface area contributed by atoms with Crippen LogP contribution in [-0.4, -0.2) is 12.1 Å². The largest absolute Gasteiger partial charge is 0.307 e. The van der Waals surface area contributed by atoms with Crippen LogP contribution in [0.5, 0.6) is 0 Å². The van der Waals surface area contributed by atoms with Gasteiger partial charge in [0.05, 0.1) is 0 Å². The van der Waals surface area contributed by atoms with Crippen LogP contribution in [0.2, 0.25) is 0 Å². The zero-order valence-electron chi connectivity index (χ0n) is 8.42. The van der Waals surface area contributed by atoms with E-state index >= 15 is 0 Å². The predicted molar refractivity (Wildman–Crippen MR) is 58.7 cm³/mol. The van der Waals surface area contributed by atoms with Crippen molar-refractivity contribution in [2.24, 2.45) is 0 Å². The van der Waals surface area contributed by atoms with Gasteiger partial charge in [0, 0.05) is 12.1 Å². The fraction of sp³-hybridized carbons (Fsp3) is 0.500. The SMILES string of the molecule is C=CC[C@H]1CC(C)=C[C@H](CC=C)N1. The van der Waals surface area contributed by atoms with Crippen molar-refractivity contribution in [3.63, 3.8) is 0 Å². The summed E-state index contributed by atoms with van der Waals surface area (Å²) in [6, 6.07) is 1.06. The zero-order chi connectivity index (χ0) is 9.68. The maximum Gasteiger partial charge on any atom is 0.0289 e. The number of hydrogen-bond donors (Lipinski definition) is 1. The predicted octanol–water partition coefficient (Wildman–Crippen LogP) is 2.82. The third-order valence-electron chi connectivity index (χ3n) is 2.38. The molecule has 0 radical (unpaired) electrons. The molecular weight excluding hydrogens is 158 g/mol. The minimum absolute atomic E-state index is 0.483. The molecule has 1 aliphatic rings. The first kappa shape index (κ1) is 10.3. The fourth-order valence-electron chi connectivity index (χ4n) is 1.88. The topological polar surface area (TPSA) is 12.0 Å². The van der Waals surface area contributed by atoms with Crippen LogP contribution in [0.3, 0.4) is 0 Å². The molecule has 1 rings (SSSR count). The van der Waals surface area contributed by atoms with E-state index in [1.54, 1.807) is 0 Å². The van der Waals surface area contributed by atoms with Crippen molar-refractivity contribution in [2.45, 2.75) is 38.3 Å². The second-order valence-corrected chi connectivity index (χ2v) is 3.74. The molecular formula is C12H19N. The van der Waals surface area contributed by atoms with Crippen LogP contribution in [0.25, 0.3) is 0 Å². The van der Waals surface area contributed by atoms with Crippen LogP contribution in [-0.2, 0) is 0 Å². The monoisotopic (exact) mass is 177 g/mol. The average molecular weight is 177 g/mol. The molecule has 0 saturated carbocycles. The van der Waals surface area contributed by atoms with E-state index < -0.39 is 0 Å². The van der Waals surface area contributed by atoms with E-state index in [4.69, 9.17) is 0 Å². The number of hydrogen-bond acceptors (Lipinski definition) is 1. The maximum atomic E-state index is 3.77. The van der Waals surface area contributed by atoms with Gasteiger partial charge in [-0.2, -0.15) is 0 Å². The lowest BCUT2D eigenvalue weighted by Crippen LogP contribution is -2.40. The molecule has 0 spiro atoms. The van der Waals surface area contributed by atoms with Gasteiger partial charge >= 0.3 is 0 Å². The molecule has 0 amide bonds. The summed E-state index contributed by atoms with van der Waals surface area (Å²) in [4.78, 5) is 0. The maximum absolute atomic E-state index is 3.77. The van der Waals surface area contributed by atoms with Gasteiger partial charge in [0.25, 0.3) is 0 Å². The Bertz CT molecular complexity index is 215. The van der Waals surface area contributed by atoms with E-state index in [1.165, 1.54) is 5.57 Å². The van der Waals surface area contributed by atoms with Crippen LogP contribution in [0, 0.1) is 0 Å². The Kier molecular flexibility index (Phi) is 3.97. The van der Waals surface area contributed by atoms with E-state index in [0.29, 0.717) is 12.1 Å². The molecule has 0 aromatic carbocycles. The van der Waals surface area contributed by atoms with Gasteiger partial charge in [0.15, 0.2) is 0 Å². The van der Waals surface area contributed by atoms with Crippen molar-refractivity contribution in [1.82, 2.24) is 5.32 Å². The van der Waals surface area contributed by atoms with Crippen LogP contribution < -0.4 is 5.32 Å². The van der Waals surface area contributed by atoms with E-state index in [-0.39, 0.29) is 0 Å². The highest BCUT2D eigenvalue weighted by atomic mass is 15.0. The molecule has 13 heavy (non-hydrogen) atoms. The van der Waals surface area contributed by atoms with Gasteiger partial charge in [-0.05, 0) is 26.2 Å². The molecule has 0 aromatic rings. The van der Waals surface area contributed by atoms with Gasteiger partial charge in [-0.1, -0.05) is 23.8 Å². The second-order valence-electron chi connectivity index (χ2n) is 3.74. The summed E-state index contributed by atoms with van der Waals surface area (Å²) < 4.78 is 0. The summed E-state index contributed by atoms with van der Waals surface area (Å²) in [7, 11) is 0. The lowest BCUT2D eigenvalue weighted by Gasteiger charge is -2.28. The smallest absolute Gasteiger partial charge is 0.0289 e. The Labute approximate surface area is 81.2 Å². The normalized spacial score (nSPS) is 27.9. The molecule has 0 aromatic heterocycles. The molecule has 1 heteroatoms. The zero-order valence-corrected chi connectivity index (χ0v) is 8.42. The summed E-state index contributed by atoms with van der Waals surface area (Å²) in [6.45, 7) is 9.73. The van der Waals surface area contributed by atoms with Gasteiger partial charge in [0.1, 0.15) is 0 Å². The van der Waals surface area contributed by atoms with Crippen molar-refractivity contribution in [2.75, 3.05) is 0 Å². The van der Waals surface area contributed by atoms with Crippen molar-refractivity contribution < 1.29 is 0 Å². The molecule has 0 saturated heterocycles. The molecule has 1 N–H and O–H groups in total. The summed E-state index contributed by atoms with van der Waals surface area (Å²) in [6.07, 6.45) is 9.49. The molecule has 1 aliphatic heterocycles. The molecule has 0 aliphatic carbocycles. The quantitative estimate of drug-likeness (QED) is 0.651. The lowest BCUT2D eigenvalue weighted by molar-refractivity contribution is 0.444. The number of rotatable bonds is 4. The van der Waals surface area contributed by atoms with E-state index in [2.05, 4.69) is 31.5 Å². The van der Waals surface area contributed by atoms with Gasteiger partial charge in [-0.25, -0.2) is 0 Å². The Morgan fingerprint density at radius 3 is 2.77 bits per heavy atom. The molecule has 1 heterocycles. The van der Waals surface area contributed by atoms with Gasteiger partial charge in [0.2, 0.25) is 0 Å². The first-order chi connectivity index (χ1) is 6.26. The van der Waals surface area contributed by atoms with Crippen molar-refractivity contribution in [1.29, 1.82) is 0 Å². The van der Waals surface area contributed by atoms with Crippen LogP contribution in [0.1, 0.15) is 26.2 Å². The van der Waals surface area contributed by atoms with Gasteiger partial charge in [-0.3, -0.25) is 0 Å². The first-order valence-corrected chi connectivity index (χ1v) is 4.91. The highest BCUT2D eigenvalue weighted by molar-refractivity contribution is 5.12. The van der Waals surface area contributed by atoms with Gasteiger partial charge < -0.3 is 5.32 Å². The summed E-state index contributed by atoms with van der Waals surface area (Å²) in [5.74, 6) is 0. The third-order valence-corrected chi connectivity index (χ3v) is 2.38. The van der Waals surface area contributed by atoms with Crippen molar-refractivity contribution in [3.05, 3.63) is 37.0 Å². The standard InChI is InChI=1S/C12H19N/c1-4-6-11-8-10(3)9-12(13-11)7-5-2/h4-5,8,11-13H,1-2,6-7,9H2,3H3/t11-,12-/m0/s1. The highest BCUT2D eigenvalue weighted by Gasteiger charge is 2.17. The minimum atomic E-state index is 0.483. The van der Waals surface area contributed by atoms with Crippen molar-refractivity contribution in [3.8, 4) is 0 Å². The Balaban J connectivity index is 2.53. The Morgan fingerprint density at radius 1 is 1.46 bits per heavy atom. The van der Waals surface area contributed by atoms with Crippen molar-refractivity contribution >= 4 is 0 Å². The molecule has 72 valence electrons. The molecule has 0 bridgehead atoms. The summed E-state index contributed by atoms with van der Waals surface area (Å²) >= 11 is 0. The highest BCUT2D eigenvalue weighted by Crippen LogP contribution is 2.17. The first-order valence-electron chi connectivity index (χ1n) is 4.91. The molecule has 2 atom stereocenters. The van der Waals surface area contributed by atoms with E-state index in [0.717, 1.165) is 19.3 Å². The Morgan fingerprint density at radius 2 is 2.15 bits per heavy atom. The summed E-state index contributed by atoms with van der Waals surface area (Å²) in [5.41, 5.74) is 1.48. The molecule has 1 nitrogen and oxygen atoms in total. The van der Waals surface area contributed by atoms with Gasteiger partial charge in [-0.15, -0.1) is 13.2 Å². The Hall–Kier alpha value is -0.820. The summed E-state index contributed by atoms with van der Waals surface area (Å²) in [5, 5.41) is 3.57. The fourth-order valence-corrected chi connectivity index (χ4v) is 1.88. The number of nitrogens with one attached hydrogen (secondary N) is 1. The van der Waals surface area contributed by atoms with E-state index in [1.807, 2.05) is 12.2 Å². The van der Waals surface area contributed by atoms with E-state index in [9.17, 15) is 0 Å². The average Bonchev–Trinajstić information content (AvgIpc) is 2.04. The van der Waals surface area contributed by atoms with Crippen LogP contribution >= 0.6 is 0 Å². The third kappa shape index (κ3) is 3.19. The molecule has 0 unspecified atom stereocenters. The second kappa shape index (κ2) is 5.03.